The van der Waals surface area contributed by atoms with Crippen molar-refractivity contribution in [2.45, 2.75) is 18.9 Å². The van der Waals surface area contributed by atoms with Crippen molar-refractivity contribution in [1.82, 2.24) is 15.1 Å². The molecule has 0 unspecified atom stereocenters. The zero-order valence-electron chi connectivity index (χ0n) is 17.1. The summed E-state index contributed by atoms with van der Waals surface area (Å²) in [4.78, 5) is 52.3. The molecule has 0 radical (unpaired) electrons. The second-order valence-corrected chi connectivity index (χ2v) is 7.27. The summed E-state index contributed by atoms with van der Waals surface area (Å²) in [6, 6.07) is 14.8. The van der Waals surface area contributed by atoms with Crippen molar-refractivity contribution in [3.63, 3.8) is 0 Å². The van der Waals surface area contributed by atoms with Crippen molar-refractivity contribution in [2.75, 3.05) is 26.0 Å². The molecule has 3 rings (SSSR count). The molecule has 1 heterocycles. The van der Waals surface area contributed by atoms with Crippen molar-refractivity contribution in [2.24, 2.45) is 0 Å². The molecule has 8 nitrogen and oxygen atoms in total. The molecular formula is C22H24N4O4. The number of anilines is 1. The first kappa shape index (κ1) is 21.0. The Morgan fingerprint density at radius 2 is 1.67 bits per heavy atom. The highest BCUT2D eigenvalue weighted by molar-refractivity contribution is 6.10. The second-order valence-electron chi connectivity index (χ2n) is 7.27. The normalized spacial score (nSPS) is 18.2. The van der Waals surface area contributed by atoms with Crippen LogP contribution >= 0.6 is 0 Å². The summed E-state index contributed by atoms with van der Waals surface area (Å²) >= 11 is 0. The van der Waals surface area contributed by atoms with Gasteiger partial charge in [-0.15, -0.1) is 0 Å². The van der Waals surface area contributed by atoms with Crippen molar-refractivity contribution >= 4 is 29.4 Å². The lowest BCUT2D eigenvalue weighted by Crippen LogP contribution is -2.44. The van der Waals surface area contributed by atoms with E-state index >= 15 is 0 Å². The predicted octanol–water partition coefficient (Wildman–Crippen LogP) is 2.18. The average Bonchev–Trinajstić information content (AvgIpc) is 2.99. The number of nitrogens with one attached hydrogen (secondary N) is 2. The highest BCUT2D eigenvalue weighted by atomic mass is 16.2. The largest absolute Gasteiger partial charge is 0.345 e. The van der Waals surface area contributed by atoms with Gasteiger partial charge in [-0.25, -0.2) is 4.79 Å². The summed E-state index contributed by atoms with van der Waals surface area (Å²) in [7, 11) is 3.31. The zero-order chi connectivity index (χ0) is 21.9. The predicted molar refractivity (Wildman–Crippen MR) is 112 cm³/mol. The van der Waals surface area contributed by atoms with Crippen molar-refractivity contribution in [1.29, 1.82) is 0 Å². The minimum Gasteiger partial charge on any atom is -0.345 e. The van der Waals surface area contributed by atoms with Crippen LogP contribution in [0.2, 0.25) is 0 Å². The minimum atomic E-state index is -1.17. The van der Waals surface area contributed by atoms with Crippen LogP contribution in [-0.2, 0) is 15.1 Å². The zero-order valence-corrected chi connectivity index (χ0v) is 17.1. The Morgan fingerprint density at radius 3 is 2.23 bits per heavy atom. The third-order valence-electron chi connectivity index (χ3n) is 5.10. The van der Waals surface area contributed by atoms with Crippen molar-refractivity contribution in [3.05, 3.63) is 65.7 Å². The first-order valence-corrected chi connectivity index (χ1v) is 9.59. The Bertz CT molecular complexity index is 972. The van der Waals surface area contributed by atoms with Crippen LogP contribution in [0.15, 0.2) is 54.6 Å². The summed E-state index contributed by atoms with van der Waals surface area (Å²) < 4.78 is 0. The number of urea groups is 1. The van der Waals surface area contributed by atoms with Crippen LogP contribution in [0, 0.1) is 0 Å². The summed E-state index contributed by atoms with van der Waals surface area (Å²) in [5.41, 5.74) is 0.456. The molecule has 0 bridgehead atoms. The van der Waals surface area contributed by atoms with Gasteiger partial charge in [-0.2, -0.15) is 0 Å². The molecule has 0 aliphatic carbocycles. The Kier molecular flexibility index (Phi) is 5.86. The average molecular weight is 408 g/mol. The summed E-state index contributed by atoms with van der Waals surface area (Å²) in [6.07, 6.45) is 0.362. The number of benzene rings is 2. The fourth-order valence-corrected chi connectivity index (χ4v) is 3.43. The fourth-order valence-electron chi connectivity index (χ4n) is 3.43. The van der Waals surface area contributed by atoms with Gasteiger partial charge in [0.15, 0.2) is 0 Å². The van der Waals surface area contributed by atoms with E-state index in [1.54, 1.807) is 62.6 Å². The molecule has 5 amide bonds. The van der Waals surface area contributed by atoms with E-state index in [1.807, 2.05) is 13.0 Å². The lowest BCUT2D eigenvalue weighted by atomic mass is 9.87. The summed E-state index contributed by atoms with van der Waals surface area (Å²) in [5.74, 6) is -1.11. The molecule has 0 saturated carbocycles. The van der Waals surface area contributed by atoms with Crippen LogP contribution in [-0.4, -0.2) is 54.2 Å². The molecule has 1 atom stereocenters. The number of hydrogen-bond acceptors (Lipinski definition) is 4. The number of carbonyl (C=O) groups excluding carboxylic acids is 4. The molecule has 2 N–H and O–H groups in total. The third kappa shape index (κ3) is 3.89. The van der Waals surface area contributed by atoms with E-state index in [1.165, 1.54) is 4.90 Å². The standard InChI is InChI=1S/C22H24N4O4/c1-4-22(16-8-6-5-7-9-16)20(29)26(21(30)24-22)14-18(27)23-17-12-10-15(11-13-17)19(28)25(2)3/h5-13H,4,14H2,1-3H3,(H,23,27)(H,24,30)/t22-/m1/s1. The van der Waals surface area contributed by atoms with Crippen molar-refractivity contribution in [3.8, 4) is 0 Å². The Hall–Kier alpha value is -3.68. The number of imide groups is 1. The van der Waals surface area contributed by atoms with Crippen LogP contribution in [0.1, 0.15) is 29.3 Å². The highest BCUT2D eigenvalue weighted by Gasteiger charge is 2.51. The van der Waals surface area contributed by atoms with Gasteiger partial charge in [0.2, 0.25) is 5.91 Å². The van der Waals surface area contributed by atoms with Gasteiger partial charge in [0.1, 0.15) is 12.1 Å². The van der Waals surface area contributed by atoms with Gasteiger partial charge in [-0.05, 0) is 36.2 Å². The molecule has 1 saturated heterocycles. The number of nitrogens with zero attached hydrogens (tertiary/aromatic N) is 2. The maximum Gasteiger partial charge on any atom is 0.325 e. The molecule has 1 aliphatic heterocycles. The Morgan fingerprint density at radius 1 is 1.03 bits per heavy atom. The van der Waals surface area contributed by atoms with Crippen LogP contribution in [0.3, 0.4) is 0 Å². The molecular weight excluding hydrogens is 384 g/mol. The van der Waals surface area contributed by atoms with Crippen LogP contribution < -0.4 is 10.6 Å². The minimum absolute atomic E-state index is 0.149. The smallest absolute Gasteiger partial charge is 0.325 e. The van der Waals surface area contributed by atoms with E-state index in [9.17, 15) is 19.2 Å². The first-order valence-electron chi connectivity index (χ1n) is 9.59. The van der Waals surface area contributed by atoms with E-state index in [4.69, 9.17) is 0 Å². The molecule has 2 aromatic carbocycles. The maximum absolute atomic E-state index is 13.1. The molecule has 30 heavy (non-hydrogen) atoms. The van der Waals surface area contributed by atoms with E-state index in [0.29, 0.717) is 23.2 Å². The van der Waals surface area contributed by atoms with E-state index in [-0.39, 0.29) is 5.91 Å². The first-order chi connectivity index (χ1) is 14.3. The van der Waals surface area contributed by atoms with Crippen LogP contribution in [0.5, 0.6) is 0 Å². The SMILES string of the molecule is CC[C@]1(c2ccccc2)NC(=O)N(CC(=O)Nc2ccc(C(=O)N(C)C)cc2)C1=O. The molecule has 8 heteroatoms. The number of amides is 5. The van der Waals surface area contributed by atoms with Gasteiger partial charge in [0.05, 0.1) is 0 Å². The van der Waals surface area contributed by atoms with Crippen LogP contribution in [0.25, 0.3) is 0 Å². The maximum atomic E-state index is 13.1. The number of carbonyl (C=O) groups is 4. The molecule has 2 aromatic rings. The number of rotatable bonds is 6. The molecule has 0 aromatic heterocycles. The molecule has 0 spiro atoms. The van der Waals surface area contributed by atoms with Gasteiger partial charge >= 0.3 is 6.03 Å². The van der Waals surface area contributed by atoms with Gasteiger partial charge in [0, 0.05) is 25.3 Å². The highest BCUT2D eigenvalue weighted by Crippen LogP contribution is 2.32. The van der Waals surface area contributed by atoms with Crippen LogP contribution in [0.4, 0.5) is 10.5 Å². The molecule has 1 fully saturated rings. The topological polar surface area (TPSA) is 98.8 Å². The monoisotopic (exact) mass is 408 g/mol. The van der Waals surface area contributed by atoms with E-state index < -0.39 is 29.9 Å². The third-order valence-corrected chi connectivity index (χ3v) is 5.10. The lowest BCUT2D eigenvalue weighted by molar-refractivity contribution is -0.134. The quantitative estimate of drug-likeness (QED) is 0.716. The van der Waals surface area contributed by atoms with Gasteiger partial charge in [-0.1, -0.05) is 37.3 Å². The van der Waals surface area contributed by atoms with E-state index in [2.05, 4.69) is 10.6 Å². The Labute approximate surface area is 174 Å². The molecule has 156 valence electrons. The molecule has 1 aliphatic rings. The van der Waals surface area contributed by atoms with E-state index in [0.717, 1.165) is 4.90 Å². The lowest BCUT2D eigenvalue weighted by Gasteiger charge is -2.25. The van der Waals surface area contributed by atoms with Gasteiger partial charge < -0.3 is 15.5 Å². The van der Waals surface area contributed by atoms with Gasteiger partial charge in [-0.3, -0.25) is 19.3 Å². The Balaban J connectivity index is 1.70. The number of hydrogen-bond donors (Lipinski definition) is 2. The van der Waals surface area contributed by atoms with Crippen molar-refractivity contribution < 1.29 is 19.2 Å². The summed E-state index contributed by atoms with van der Waals surface area (Å²) in [6.45, 7) is 1.41. The fraction of sp³-hybridized carbons (Fsp3) is 0.273. The summed E-state index contributed by atoms with van der Waals surface area (Å²) in [5, 5.41) is 5.40. The second kappa shape index (κ2) is 8.36. The van der Waals surface area contributed by atoms with Gasteiger partial charge in [0.25, 0.3) is 11.8 Å².